The predicted octanol–water partition coefficient (Wildman–Crippen LogP) is 7.54. The minimum absolute atomic E-state index is 0.00229. The van der Waals surface area contributed by atoms with E-state index >= 15 is 0 Å². The third-order valence-corrected chi connectivity index (χ3v) is 8.24. The first kappa shape index (κ1) is 32.5. The molecule has 0 spiro atoms. The van der Waals surface area contributed by atoms with Crippen molar-refractivity contribution < 1.29 is 27.4 Å². The van der Waals surface area contributed by atoms with Crippen molar-refractivity contribution in [3.05, 3.63) is 100 Å². The fourth-order valence-corrected chi connectivity index (χ4v) is 5.72. The summed E-state index contributed by atoms with van der Waals surface area (Å²) in [4.78, 5) is 22.2. The zero-order chi connectivity index (χ0) is 33.0. The third kappa shape index (κ3) is 7.65. The molecule has 3 aromatic carbocycles. The van der Waals surface area contributed by atoms with E-state index in [9.17, 15) is 18.0 Å². The molecule has 1 unspecified atom stereocenters. The molecule has 0 aliphatic heterocycles. The normalized spacial score (nSPS) is 12.8. The summed E-state index contributed by atoms with van der Waals surface area (Å²) in [5.41, 5.74) is 5.34. The van der Waals surface area contributed by atoms with Crippen molar-refractivity contribution in [3.8, 4) is 34.3 Å². The minimum atomic E-state index is -4.75. The van der Waals surface area contributed by atoms with Gasteiger partial charge in [0.05, 0.1) is 18.5 Å². The van der Waals surface area contributed by atoms with Gasteiger partial charge in [-0.25, -0.2) is 14.5 Å². The number of methoxy groups -OCH3 is 1. The molecule has 240 valence electrons. The predicted molar refractivity (Wildman–Crippen MR) is 170 cm³/mol. The molecule has 0 aliphatic carbocycles. The van der Waals surface area contributed by atoms with E-state index in [0.717, 1.165) is 33.8 Å². The maximum Gasteiger partial charge on any atom is 0.573 e. The van der Waals surface area contributed by atoms with Gasteiger partial charge >= 0.3 is 12.4 Å². The zero-order valence-electron chi connectivity index (χ0n) is 25.9. The molecule has 0 radical (unpaired) electrons. The number of halogens is 3. The maximum absolute atomic E-state index is 12.9. The van der Waals surface area contributed by atoms with E-state index in [1.807, 2.05) is 66.3 Å². The number of urea groups is 1. The highest BCUT2D eigenvalue weighted by Crippen LogP contribution is 2.28. The summed E-state index contributed by atoms with van der Waals surface area (Å²) in [6.07, 6.45) is -3.27. The van der Waals surface area contributed by atoms with Crippen molar-refractivity contribution in [1.82, 2.24) is 24.6 Å². The van der Waals surface area contributed by atoms with Gasteiger partial charge in [0.15, 0.2) is 10.6 Å². The second-order valence-corrected chi connectivity index (χ2v) is 11.8. The largest absolute Gasteiger partial charge is 0.573 e. The Hall–Kier alpha value is -4.91. The van der Waals surface area contributed by atoms with Gasteiger partial charge in [-0.15, -0.1) is 29.6 Å². The summed E-state index contributed by atoms with van der Waals surface area (Å²) in [7, 11) is 1.64. The number of alkyl halides is 3. The SMILES string of the molecule is COc1ccc(-n2c(C)csc2=NC(=O)NCC(C)c2ccc(-c3ncn(-c4ccc(OC(F)(F)F)cc4)n3)cc2)c(C(C)C)c1. The average Bonchev–Trinajstić information content (AvgIpc) is 3.66. The summed E-state index contributed by atoms with van der Waals surface area (Å²) in [5, 5.41) is 9.35. The highest BCUT2D eigenvalue weighted by atomic mass is 32.1. The van der Waals surface area contributed by atoms with Crippen LogP contribution in [-0.2, 0) is 0 Å². The van der Waals surface area contributed by atoms with Gasteiger partial charge in [0.25, 0.3) is 0 Å². The molecule has 5 aromatic rings. The van der Waals surface area contributed by atoms with E-state index in [4.69, 9.17) is 4.74 Å². The van der Waals surface area contributed by atoms with E-state index in [0.29, 0.717) is 22.9 Å². The van der Waals surface area contributed by atoms with Gasteiger partial charge in [0, 0.05) is 23.2 Å². The molecule has 2 aromatic heterocycles. The molecule has 1 N–H and O–H groups in total. The topological polar surface area (TPSA) is 95.6 Å². The molecule has 0 saturated heterocycles. The Balaban J connectivity index is 1.23. The summed E-state index contributed by atoms with van der Waals surface area (Å²) in [6, 6.07) is 18.5. The van der Waals surface area contributed by atoms with Gasteiger partial charge < -0.3 is 14.8 Å². The second kappa shape index (κ2) is 13.6. The third-order valence-electron chi connectivity index (χ3n) is 7.30. The summed E-state index contributed by atoms with van der Waals surface area (Å²) in [6.45, 7) is 8.61. The van der Waals surface area contributed by atoms with Crippen LogP contribution in [0.5, 0.6) is 11.5 Å². The summed E-state index contributed by atoms with van der Waals surface area (Å²) < 4.78 is 50.1. The number of rotatable bonds is 9. The number of hydrogen-bond acceptors (Lipinski definition) is 6. The first-order chi connectivity index (χ1) is 21.9. The van der Waals surface area contributed by atoms with E-state index < -0.39 is 12.4 Å². The van der Waals surface area contributed by atoms with Crippen molar-refractivity contribution in [1.29, 1.82) is 0 Å². The van der Waals surface area contributed by atoms with Crippen LogP contribution in [0.4, 0.5) is 18.0 Å². The monoisotopic (exact) mass is 650 g/mol. The van der Waals surface area contributed by atoms with Crippen LogP contribution < -0.4 is 19.6 Å². The molecule has 1 atom stereocenters. The Kier molecular flexibility index (Phi) is 9.61. The highest BCUT2D eigenvalue weighted by Gasteiger charge is 2.31. The fraction of sp³-hybridized carbons (Fsp3) is 0.273. The molecule has 2 heterocycles. The Morgan fingerprint density at radius 2 is 1.72 bits per heavy atom. The zero-order valence-corrected chi connectivity index (χ0v) is 26.7. The smallest absolute Gasteiger partial charge is 0.497 e. The highest BCUT2D eigenvalue weighted by molar-refractivity contribution is 7.07. The van der Waals surface area contributed by atoms with E-state index in [1.54, 1.807) is 7.11 Å². The lowest BCUT2D eigenvalue weighted by atomic mass is 10.00. The van der Waals surface area contributed by atoms with Crippen molar-refractivity contribution >= 4 is 17.4 Å². The second-order valence-electron chi connectivity index (χ2n) is 10.9. The molecular weight excluding hydrogens is 617 g/mol. The number of aryl methyl sites for hydroxylation is 1. The molecule has 2 amide bonds. The van der Waals surface area contributed by atoms with Crippen LogP contribution in [0.3, 0.4) is 0 Å². The van der Waals surface area contributed by atoms with Gasteiger partial charge in [-0.1, -0.05) is 45.0 Å². The first-order valence-corrected chi connectivity index (χ1v) is 15.4. The van der Waals surface area contributed by atoms with Crippen molar-refractivity contribution in [2.24, 2.45) is 4.99 Å². The van der Waals surface area contributed by atoms with Gasteiger partial charge in [0.2, 0.25) is 0 Å². The molecule has 9 nitrogen and oxygen atoms in total. The van der Waals surface area contributed by atoms with E-state index in [2.05, 4.69) is 39.0 Å². The number of amides is 2. The van der Waals surface area contributed by atoms with E-state index in [-0.39, 0.29) is 17.6 Å². The molecule has 0 fully saturated rings. The molecule has 5 rings (SSSR count). The lowest BCUT2D eigenvalue weighted by Gasteiger charge is -2.16. The van der Waals surface area contributed by atoms with Crippen LogP contribution in [0.2, 0.25) is 0 Å². The molecule has 0 bridgehead atoms. The van der Waals surface area contributed by atoms with Crippen LogP contribution in [0.15, 0.2) is 83.4 Å². The van der Waals surface area contributed by atoms with Crippen LogP contribution in [0, 0.1) is 6.92 Å². The first-order valence-electron chi connectivity index (χ1n) is 14.5. The molecule has 0 saturated carbocycles. The lowest BCUT2D eigenvalue weighted by Crippen LogP contribution is -2.28. The van der Waals surface area contributed by atoms with Crippen molar-refractivity contribution in [2.45, 2.75) is 45.9 Å². The van der Waals surface area contributed by atoms with Crippen LogP contribution >= 0.6 is 11.3 Å². The number of nitrogens with one attached hydrogen (secondary N) is 1. The lowest BCUT2D eigenvalue weighted by molar-refractivity contribution is -0.274. The maximum atomic E-state index is 12.9. The van der Waals surface area contributed by atoms with Gasteiger partial charge in [0.1, 0.15) is 17.8 Å². The van der Waals surface area contributed by atoms with Gasteiger partial charge in [-0.05, 0) is 72.4 Å². The molecular formula is C33H33F3N6O3S. The van der Waals surface area contributed by atoms with Crippen LogP contribution in [0.25, 0.3) is 22.8 Å². The number of carbonyl (C=O) groups is 1. The number of hydrogen-bond donors (Lipinski definition) is 1. The van der Waals surface area contributed by atoms with Crippen LogP contribution in [-0.4, -0.2) is 45.4 Å². The quantitative estimate of drug-likeness (QED) is 0.178. The van der Waals surface area contributed by atoms with Crippen molar-refractivity contribution in [2.75, 3.05) is 13.7 Å². The Morgan fingerprint density at radius 1 is 1.02 bits per heavy atom. The van der Waals surface area contributed by atoms with Crippen molar-refractivity contribution in [3.63, 3.8) is 0 Å². The standard InChI is InChI=1S/C33H33F3N6O3S/c1-20(2)28-16-27(44-5)14-15-29(28)42-22(4)18-46-32(42)39-31(43)37-17-21(3)23-6-8-24(9-7-23)30-38-19-41(40-30)25-10-12-26(13-11-25)45-33(34,35)36/h6-16,18-21H,17H2,1-5H3,(H,37,43). The Bertz CT molecular complexity index is 1880. The minimum Gasteiger partial charge on any atom is -0.497 e. The number of ether oxygens (including phenoxy) is 2. The number of thiazole rings is 1. The average molecular weight is 651 g/mol. The van der Waals surface area contributed by atoms with E-state index in [1.165, 1.54) is 46.6 Å². The Morgan fingerprint density at radius 3 is 2.37 bits per heavy atom. The fourth-order valence-electron chi connectivity index (χ4n) is 4.85. The van der Waals surface area contributed by atoms with Crippen LogP contribution in [0.1, 0.15) is 49.4 Å². The van der Waals surface area contributed by atoms with Gasteiger partial charge in [-0.3, -0.25) is 4.57 Å². The molecule has 0 aliphatic rings. The summed E-state index contributed by atoms with van der Waals surface area (Å²) in [5.74, 6) is 1.16. The number of aromatic nitrogens is 4. The number of carbonyl (C=O) groups excluding carboxylic acids is 1. The summed E-state index contributed by atoms with van der Waals surface area (Å²) >= 11 is 1.41. The molecule has 46 heavy (non-hydrogen) atoms. The van der Waals surface area contributed by atoms with Gasteiger partial charge in [-0.2, -0.15) is 4.99 Å². The number of benzene rings is 3. The number of nitrogens with zero attached hydrogens (tertiary/aromatic N) is 5. The molecule has 13 heteroatoms. The Labute approximate surface area is 268 Å².